The quantitative estimate of drug-likeness (QED) is 0.773. The first-order valence-electron chi connectivity index (χ1n) is 5.76. The van der Waals surface area contributed by atoms with Crippen LogP contribution in [-0.2, 0) is 0 Å². The molecular weight excluding hydrogens is 214 g/mol. The van der Waals surface area contributed by atoms with E-state index < -0.39 is 0 Å². The molecule has 0 fully saturated rings. The van der Waals surface area contributed by atoms with E-state index >= 15 is 0 Å². The maximum atomic E-state index is 11.8. The highest BCUT2D eigenvalue weighted by Crippen LogP contribution is 2.07. The molecule has 0 aromatic heterocycles. The minimum atomic E-state index is -0.0965. The van der Waals surface area contributed by atoms with Crippen molar-refractivity contribution in [3.8, 4) is 11.8 Å². The van der Waals surface area contributed by atoms with Crippen LogP contribution in [0, 0.1) is 11.8 Å². The Morgan fingerprint density at radius 3 is 2.88 bits per heavy atom. The zero-order valence-electron chi connectivity index (χ0n) is 9.99. The highest BCUT2D eigenvalue weighted by Gasteiger charge is 2.07. The molecule has 17 heavy (non-hydrogen) atoms. The van der Waals surface area contributed by atoms with Crippen molar-refractivity contribution in [2.45, 2.75) is 19.8 Å². The van der Waals surface area contributed by atoms with Gasteiger partial charge in [-0.1, -0.05) is 30.9 Å². The Hall–Kier alpha value is -1.79. The van der Waals surface area contributed by atoms with Gasteiger partial charge in [-0.15, -0.1) is 0 Å². The van der Waals surface area contributed by atoms with E-state index in [9.17, 15) is 4.79 Å². The van der Waals surface area contributed by atoms with Crippen molar-refractivity contribution in [2.24, 2.45) is 0 Å². The molecule has 0 spiro atoms. The molecule has 0 aliphatic heterocycles. The number of aliphatic hydroxyl groups is 1. The predicted octanol–water partition coefficient (Wildman–Crippen LogP) is 1.56. The van der Waals surface area contributed by atoms with Gasteiger partial charge in [0.2, 0.25) is 0 Å². The Morgan fingerprint density at radius 1 is 1.41 bits per heavy atom. The van der Waals surface area contributed by atoms with Crippen molar-refractivity contribution < 1.29 is 9.90 Å². The van der Waals surface area contributed by atoms with Crippen molar-refractivity contribution in [1.29, 1.82) is 0 Å². The van der Waals surface area contributed by atoms with Gasteiger partial charge in [0.05, 0.1) is 12.2 Å². The van der Waals surface area contributed by atoms with Gasteiger partial charge < -0.3 is 10.4 Å². The first kappa shape index (κ1) is 13.3. The van der Waals surface area contributed by atoms with Crippen molar-refractivity contribution in [3.63, 3.8) is 0 Å². The highest BCUT2D eigenvalue weighted by molar-refractivity contribution is 5.96. The van der Waals surface area contributed by atoms with Gasteiger partial charge in [-0.25, -0.2) is 0 Å². The fourth-order valence-corrected chi connectivity index (χ4v) is 1.34. The summed E-state index contributed by atoms with van der Waals surface area (Å²) in [6.45, 7) is 2.71. The minimum Gasteiger partial charge on any atom is -0.395 e. The average molecular weight is 231 g/mol. The summed E-state index contributed by atoms with van der Waals surface area (Å²) in [5, 5.41) is 11.5. The highest BCUT2D eigenvalue weighted by atomic mass is 16.2. The molecule has 3 nitrogen and oxygen atoms in total. The third-order valence-electron chi connectivity index (χ3n) is 2.17. The number of carbonyl (C=O) groups is 1. The number of amides is 1. The second-order valence-corrected chi connectivity index (χ2v) is 3.58. The molecule has 0 saturated heterocycles. The van der Waals surface area contributed by atoms with Gasteiger partial charge in [0.1, 0.15) is 0 Å². The molecule has 0 atom stereocenters. The number of hydrogen-bond donors (Lipinski definition) is 2. The summed E-state index contributed by atoms with van der Waals surface area (Å²) in [6.07, 6.45) is 1.33. The standard InChI is InChI=1S/C14H17NO2/c1-2-10-15-14(17)13-9-4-3-7-12(13)8-5-6-11-16/h3-4,7,9,16H,2,6,10-11H2,1H3,(H,15,17). The van der Waals surface area contributed by atoms with E-state index in [2.05, 4.69) is 17.2 Å². The zero-order chi connectivity index (χ0) is 12.5. The second-order valence-electron chi connectivity index (χ2n) is 3.58. The summed E-state index contributed by atoms with van der Waals surface area (Å²) < 4.78 is 0. The Labute approximate surface area is 102 Å². The lowest BCUT2D eigenvalue weighted by Gasteiger charge is -2.05. The molecule has 0 aliphatic rings. The van der Waals surface area contributed by atoms with Gasteiger partial charge >= 0.3 is 0 Å². The van der Waals surface area contributed by atoms with Crippen molar-refractivity contribution >= 4 is 5.91 Å². The first-order valence-corrected chi connectivity index (χ1v) is 5.76. The van der Waals surface area contributed by atoms with E-state index in [0.29, 0.717) is 24.1 Å². The van der Waals surface area contributed by atoms with E-state index in [0.717, 1.165) is 6.42 Å². The van der Waals surface area contributed by atoms with Gasteiger partial charge in [-0.05, 0) is 18.6 Å². The van der Waals surface area contributed by atoms with Gasteiger partial charge in [0.25, 0.3) is 5.91 Å². The first-order chi connectivity index (χ1) is 8.29. The Balaban J connectivity index is 2.85. The summed E-state index contributed by atoms with van der Waals surface area (Å²) in [4.78, 5) is 11.8. The zero-order valence-corrected chi connectivity index (χ0v) is 9.99. The van der Waals surface area contributed by atoms with E-state index in [-0.39, 0.29) is 12.5 Å². The molecule has 0 unspecified atom stereocenters. The fraction of sp³-hybridized carbons (Fsp3) is 0.357. The normalized spacial score (nSPS) is 9.29. The maximum Gasteiger partial charge on any atom is 0.252 e. The van der Waals surface area contributed by atoms with Crippen LogP contribution in [0.25, 0.3) is 0 Å². The molecule has 1 aromatic rings. The van der Waals surface area contributed by atoms with Gasteiger partial charge in [0.15, 0.2) is 0 Å². The van der Waals surface area contributed by atoms with Crippen LogP contribution >= 0.6 is 0 Å². The topological polar surface area (TPSA) is 49.3 Å². The van der Waals surface area contributed by atoms with E-state index in [1.807, 2.05) is 25.1 Å². The third kappa shape index (κ3) is 4.29. The van der Waals surface area contributed by atoms with Crippen LogP contribution in [0.3, 0.4) is 0 Å². The SMILES string of the molecule is CCCNC(=O)c1ccccc1C#CCCO. The molecule has 1 amide bonds. The number of aliphatic hydroxyl groups excluding tert-OH is 1. The monoisotopic (exact) mass is 231 g/mol. The van der Waals surface area contributed by atoms with Gasteiger partial charge in [0, 0.05) is 18.5 Å². The summed E-state index contributed by atoms with van der Waals surface area (Å²) in [5.74, 6) is 5.63. The summed E-state index contributed by atoms with van der Waals surface area (Å²) in [6, 6.07) is 7.23. The molecule has 0 heterocycles. The Morgan fingerprint density at radius 2 is 2.18 bits per heavy atom. The van der Waals surface area contributed by atoms with Crippen LogP contribution in [0.5, 0.6) is 0 Å². The number of hydrogen-bond acceptors (Lipinski definition) is 2. The predicted molar refractivity (Wildman–Crippen MR) is 67.6 cm³/mol. The van der Waals surface area contributed by atoms with Crippen molar-refractivity contribution in [3.05, 3.63) is 35.4 Å². The molecular formula is C14H17NO2. The van der Waals surface area contributed by atoms with Crippen LogP contribution < -0.4 is 5.32 Å². The van der Waals surface area contributed by atoms with Gasteiger partial charge in [-0.2, -0.15) is 0 Å². The van der Waals surface area contributed by atoms with Crippen molar-refractivity contribution in [1.82, 2.24) is 5.32 Å². The van der Waals surface area contributed by atoms with Crippen molar-refractivity contribution in [2.75, 3.05) is 13.2 Å². The summed E-state index contributed by atoms with van der Waals surface area (Å²) >= 11 is 0. The average Bonchev–Trinajstić information content (AvgIpc) is 2.37. The second kappa shape index (κ2) is 7.48. The largest absolute Gasteiger partial charge is 0.395 e. The lowest BCUT2D eigenvalue weighted by Crippen LogP contribution is -2.24. The van der Waals surface area contributed by atoms with Crippen LogP contribution in [-0.4, -0.2) is 24.2 Å². The van der Waals surface area contributed by atoms with Crippen LogP contribution in [0.2, 0.25) is 0 Å². The smallest absolute Gasteiger partial charge is 0.252 e. The summed E-state index contributed by atoms with van der Waals surface area (Å²) in [7, 11) is 0. The van der Waals surface area contributed by atoms with Crippen LogP contribution in [0.15, 0.2) is 24.3 Å². The lowest BCUT2D eigenvalue weighted by atomic mass is 10.1. The number of carbonyl (C=O) groups excluding carboxylic acids is 1. The molecule has 0 bridgehead atoms. The molecule has 0 aliphatic carbocycles. The maximum absolute atomic E-state index is 11.8. The minimum absolute atomic E-state index is 0.0389. The lowest BCUT2D eigenvalue weighted by molar-refractivity contribution is 0.0953. The molecule has 0 radical (unpaired) electrons. The van der Waals surface area contributed by atoms with Crippen LogP contribution in [0.1, 0.15) is 35.7 Å². The molecule has 1 rings (SSSR count). The number of nitrogens with one attached hydrogen (secondary N) is 1. The molecule has 1 aromatic carbocycles. The van der Waals surface area contributed by atoms with Gasteiger partial charge in [-0.3, -0.25) is 4.79 Å². The third-order valence-corrected chi connectivity index (χ3v) is 2.17. The Bertz CT molecular complexity index is 429. The Kier molecular flexibility index (Phi) is 5.84. The molecule has 3 heteroatoms. The number of rotatable bonds is 4. The van der Waals surface area contributed by atoms with Crippen LogP contribution in [0.4, 0.5) is 0 Å². The summed E-state index contributed by atoms with van der Waals surface area (Å²) in [5.41, 5.74) is 1.29. The van der Waals surface area contributed by atoms with E-state index in [1.165, 1.54) is 0 Å². The molecule has 90 valence electrons. The van der Waals surface area contributed by atoms with E-state index in [1.54, 1.807) is 6.07 Å². The molecule has 2 N–H and O–H groups in total. The van der Waals surface area contributed by atoms with E-state index in [4.69, 9.17) is 5.11 Å². The molecule has 0 saturated carbocycles. The number of benzene rings is 1. The fourth-order valence-electron chi connectivity index (χ4n) is 1.34.